The van der Waals surface area contributed by atoms with Gasteiger partial charge in [0.05, 0.1) is 49.3 Å². The highest BCUT2D eigenvalue weighted by Gasteiger charge is 2.60. The first kappa shape index (κ1) is 47.6. The van der Waals surface area contributed by atoms with E-state index in [0.29, 0.717) is 43.3 Å². The summed E-state index contributed by atoms with van der Waals surface area (Å²) in [5.41, 5.74) is 0.134. The minimum Gasteiger partial charge on any atom is -0.462 e. The summed E-state index contributed by atoms with van der Waals surface area (Å²) in [6, 6.07) is 0. The minimum atomic E-state index is -1.84. The highest BCUT2D eigenvalue weighted by atomic mass is 16.7. The van der Waals surface area contributed by atoms with Gasteiger partial charge in [-0.25, -0.2) is 0 Å². The zero-order valence-electron chi connectivity index (χ0n) is 38.2. The number of carbonyl (C=O) groups excluding carboxylic acids is 1. The number of allylic oxidation sites excluding steroid dienone is 2. The SMILES string of the molecule is CC[C@H](C)[C@@H]1O[C@]2(C=C[C@H]1C)C[C@@H]1C[C@H](C/C=C(/C)[C@@H](O[C@H]3C[C@H](OC)[C@@H](O[C@H]4C[C@H](OC)[C@@H](O)[C@H](C)O4)[C@H](C)O3)[C@H](C)/C=C/C=C3/CO[C@H]4[C@H](O)C(C)=C[C@H](C(=O)O1)[C@]34O)O2. The normalized spacial score (nSPS) is 49.1. The lowest BCUT2D eigenvalue weighted by Crippen LogP contribution is -2.58. The Balaban J connectivity index is 1.18. The molecule has 14 heteroatoms. The van der Waals surface area contributed by atoms with Gasteiger partial charge in [0.1, 0.15) is 42.0 Å². The molecule has 0 aromatic rings. The first-order valence-electron chi connectivity index (χ1n) is 22.9. The van der Waals surface area contributed by atoms with Crippen LogP contribution >= 0.6 is 0 Å². The maximum absolute atomic E-state index is 14.3. The van der Waals surface area contributed by atoms with E-state index in [1.165, 1.54) is 0 Å². The number of hydrogen-bond donors (Lipinski definition) is 3. The summed E-state index contributed by atoms with van der Waals surface area (Å²) in [6.07, 6.45) is 8.55. The van der Waals surface area contributed by atoms with Gasteiger partial charge in [-0.15, -0.1) is 0 Å². The molecule has 2 bridgehead atoms. The number of carbonyl (C=O) groups is 1. The van der Waals surface area contributed by atoms with Crippen LogP contribution in [0.4, 0.5) is 0 Å². The first-order valence-corrected chi connectivity index (χ1v) is 22.9. The van der Waals surface area contributed by atoms with E-state index in [1.54, 1.807) is 40.2 Å². The number of fused-ring (bicyclic) bond motifs is 2. The molecule has 0 aromatic heterocycles. The summed E-state index contributed by atoms with van der Waals surface area (Å²) >= 11 is 0. The molecule has 14 nitrogen and oxygen atoms in total. The average Bonchev–Trinajstić information content (AvgIpc) is 3.58. The van der Waals surface area contributed by atoms with Crippen LogP contribution in [-0.2, 0) is 52.2 Å². The average molecular weight is 873 g/mol. The molecule has 0 aromatic carbocycles. The van der Waals surface area contributed by atoms with Gasteiger partial charge in [-0.1, -0.05) is 70.6 Å². The third-order valence-corrected chi connectivity index (χ3v) is 14.5. The molecule has 1 spiro atoms. The first-order chi connectivity index (χ1) is 29.5. The van der Waals surface area contributed by atoms with E-state index < -0.39 is 90.8 Å². The number of rotatable bonds is 8. The van der Waals surface area contributed by atoms with Crippen molar-refractivity contribution in [2.45, 2.75) is 191 Å². The summed E-state index contributed by atoms with van der Waals surface area (Å²) in [7, 11) is 3.22. The molecule has 0 unspecified atom stereocenters. The second-order valence-electron chi connectivity index (χ2n) is 19.0. The fourth-order valence-electron chi connectivity index (χ4n) is 10.6. The zero-order chi connectivity index (χ0) is 44.7. The second-order valence-corrected chi connectivity index (χ2v) is 19.0. The van der Waals surface area contributed by atoms with E-state index in [2.05, 4.69) is 39.8 Å². The van der Waals surface area contributed by atoms with Crippen molar-refractivity contribution in [3.63, 3.8) is 0 Å². The molecular formula is C48H72O14. The number of aliphatic hydroxyl groups excluding tert-OH is 2. The molecule has 0 saturated carbocycles. The number of methoxy groups -OCH3 is 2. The van der Waals surface area contributed by atoms with Crippen molar-refractivity contribution >= 4 is 5.97 Å². The number of ether oxygens (including phenoxy) is 10. The largest absolute Gasteiger partial charge is 0.462 e. The van der Waals surface area contributed by atoms with Crippen LogP contribution in [0.1, 0.15) is 93.9 Å². The smallest absolute Gasteiger partial charge is 0.316 e. The van der Waals surface area contributed by atoms with Gasteiger partial charge in [-0.3, -0.25) is 4.79 Å². The lowest BCUT2D eigenvalue weighted by atomic mass is 9.71. The third kappa shape index (κ3) is 9.64. The predicted octanol–water partition coefficient (Wildman–Crippen LogP) is 5.38. The van der Waals surface area contributed by atoms with Crippen molar-refractivity contribution in [1.82, 2.24) is 0 Å². The van der Waals surface area contributed by atoms with Crippen molar-refractivity contribution in [1.29, 1.82) is 0 Å². The Morgan fingerprint density at radius 2 is 1.60 bits per heavy atom. The molecule has 62 heavy (non-hydrogen) atoms. The molecule has 20 atom stereocenters. The van der Waals surface area contributed by atoms with Gasteiger partial charge in [0, 0.05) is 51.7 Å². The lowest BCUT2D eigenvalue weighted by molar-refractivity contribution is -0.318. The van der Waals surface area contributed by atoms with Gasteiger partial charge in [-0.2, -0.15) is 0 Å². The van der Waals surface area contributed by atoms with Crippen LogP contribution in [0.15, 0.2) is 59.3 Å². The zero-order valence-corrected chi connectivity index (χ0v) is 38.2. The van der Waals surface area contributed by atoms with Gasteiger partial charge < -0.3 is 62.7 Å². The Kier molecular flexibility index (Phi) is 15.1. The van der Waals surface area contributed by atoms with Crippen molar-refractivity contribution in [2.24, 2.45) is 23.7 Å². The van der Waals surface area contributed by atoms with Gasteiger partial charge in [-0.05, 0) is 62.8 Å². The second kappa shape index (κ2) is 19.7. The standard InChI is InChI=1S/C48H72O14/c1-11-25(2)43-28(5)17-18-47(62-43)23-34-20-33(61-47)16-15-27(4)42(26(3)13-12-14-32-24-55-45-40(49)29(6)19-35(46(51)58-34)48(32,45)52)59-39-22-37(54-10)44(31(8)57-39)60-38-21-36(53-9)41(50)30(7)56-38/h12-15,17-19,25-26,28,30-31,33-45,49-50,52H,11,16,20-24H2,1-10H3/b13-12+,27-15-,32-14-/t25-,26+,28+,30-,31-,33-,34-,35+,36-,37-,38-,39-,40+,41-,42-,43-,44-,45-,47+,48+/m0/s1. The van der Waals surface area contributed by atoms with Crippen LogP contribution in [-0.4, -0.2) is 139 Å². The van der Waals surface area contributed by atoms with Gasteiger partial charge in [0.2, 0.25) is 0 Å². The van der Waals surface area contributed by atoms with Gasteiger partial charge in [0.25, 0.3) is 0 Å². The van der Waals surface area contributed by atoms with Crippen molar-refractivity contribution in [3.8, 4) is 0 Å². The fraction of sp³-hybridized carbons (Fsp3) is 0.771. The van der Waals surface area contributed by atoms with Crippen LogP contribution in [0.2, 0.25) is 0 Å². The number of hydrogen-bond acceptors (Lipinski definition) is 14. The van der Waals surface area contributed by atoms with E-state index in [-0.39, 0.29) is 42.7 Å². The Bertz CT molecular complexity index is 1730. The Morgan fingerprint density at radius 1 is 0.887 bits per heavy atom. The maximum atomic E-state index is 14.3. The molecule has 4 fully saturated rings. The topological polar surface area (TPSA) is 170 Å². The Morgan fingerprint density at radius 3 is 2.32 bits per heavy atom. The molecule has 348 valence electrons. The Labute approximate surface area is 367 Å². The maximum Gasteiger partial charge on any atom is 0.316 e. The van der Waals surface area contributed by atoms with Crippen molar-refractivity contribution in [2.75, 3.05) is 20.8 Å². The molecule has 0 radical (unpaired) electrons. The number of aliphatic hydroxyl groups is 3. The van der Waals surface area contributed by atoms with Crippen LogP contribution in [0.5, 0.6) is 0 Å². The van der Waals surface area contributed by atoms with E-state index >= 15 is 0 Å². The molecular weight excluding hydrogens is 801 g/mol. The monoisotopic (exact) mass is 872 g/mol. The molecule has 6 aliphatic heterocycles. The minimum absolute atomic E-state index is 0.0317. The lowest BCUT2D eigenvalue weighted by Gasteiger charge is -2.48. The van der Waals surface area contributed by atoms with Crippen LogP contribution in [0.25, 0.3) is 0 Å². The predicted molar refractivity (Wildman–Crippen MR) is 227 cm³/mol. The van der Waals surface area contributed by atoms with Crippen LogP contribution in [0.3, 0.4) is 0 Å². The van der Waals surface area contributed by atoms with Crippen molar-refractivity contribution < 1.29 is 67.5 Å². The summed E-state index contributed by atoms with van der Waals surface area (Å²) in [4.78, 5) is 14.3. The quantitative estimate of drug-likeness (QED) is 0.210. The molecule has 7 rings (SSSR count). The molecule has 1 aliphatic carbocycles. The number of esters is 1. The molecule has 4 saturated heterocycles. The highest BCUT2D eigenvalue weighted by Crippen LogP contribution is 2.47. The van der Waals surface area contributed by atoms with E-state index in [4.69, 9.17) is 47.4 Å². The molecule has 7 aliphatic rings. The van der Waals surface area contributed by atoms with Crippen molar-refractivity contribution in [3.05, 3.63) is 59.3 Å². The Hall–Kier alpha value is -2.31. The third-order valence-electron chi connectivity index (χ3n) is 14.5. The molecule has 0 amide bonds. The summed E-state index contributed by atoms with van der Waals surface area (Å²) in [5, 5.41) is 34.2. The summed E-state index contributed by atoms with van der Waals surface area (Å²) in [5.74, 6) is -2.56. The van der Waals surface area contributed by atoms with Gasteiger partial charge in [0.15, 0.2) is 18.4 Å². The van der Waals surface area contributed by atoms with E-state index in [9.17, 15) is 20.1 Å². The van der Waals surface area contributed by atoms with E-state index in [0.717, 1.165) is 12.0 Å². The van der Waals surface area contributed by atoms with Crippen LogP contribution in [0, 0.1) is 23.7 Å². The van der Waals surface area contributed by atoms with Gasteiger partial charge >= 0.3 is 5.97 Å². The highest BCUT2D eigenvalue weighted by molar-refractivity contribution is 5.78. The summed E-state index contributed by atoms with van der Waals surface area (Å²) < 4.78 is 63.7. The van der Waals surface area contributed by atoms with E-state index in [1.807, 2.05) is 32.1 Å². The molecule has 6 heterocycles. The van der Waals surface area contributed by atoms with Crippen LogP contribution < -0.4 is 0 Å². The summed E-state index contributed by atoms with van der Waals surface area (Å²) in [6.45, 7) is 16.1. The fourth-order valence-corrected chi connectivity index (χ4v) is 10.6. The molecule has 3 N–H and O–H groups in total.